The van der Waals surface area contributed by atoms with E-state index in [2.05, 4.69) is 0 Å². The molecule has 0 saturated carbocycles. The second kappa shape index (κ2) is 6.76. The van der Waals surface area contributed by atoms with Gasteiger partial charge in [0.05, 0.1) is 15.6 Å². The van der Waals surface area contributed by atoms with Gasteiger partial charge in [-0.15, -0.1) is 23.5 Å². The number of hydrogen-bond donors (Lipinski definition) is 0. The van der Waals surface area contributed by atoms with Crippen LogP contribution < -0.4 is 0 Å². The molecule has 0 spiro atoms. The molecule has 0 unspecified atom stereocenters. The first-order chi connectivity index (χ1) is 10.6. The molecule has 3 rings (SSSR count). The SMILES string of the molecule is CO[C@@H]1[C@H]2O[C@H](CS[C@@H]2Sc2ccc([N+](=O)[O-])cc2)[C@H]1OC. The minimum atomic E-state index is -0.390. The number of rotatable bonds is 5. The summed E-state index contributed by atoms with van der Waals surface area (Å²) in [5.41, 5.74) is 0.104. The van der Waals surface area contributed by atoms with E-state index < -0.39 is 4.92 Å². The molecule has 2 fully saturated rings. The van der Waals surface area contributed by atoms with Crippen molar-refractivity contribution in [2.24, 2.45) is 0 Å². The lowest BCUT2D eigenvalue weighted by atomic mass is 10.1. The predicted octanol–water partition coefficient (Wildman–Crippen LogP) is 2.56. The third-order valence-corrected chi connectivity index (χ3v) is 6.74. The van der Waals surface area contributed by atoms with Crippen LogP contribution in [-0.4, -0.2) is 53.9 Å². The van der Waals surface area contributed by atoms with Gasteiger partial charge in [-0.1, -0.05) is 0 Å². The molecule has 2 heterocycles. The molecule has 0 radical (unpaired) electrons. The number of thioether (sulfide) groups is 2. The Morgan fingerprint density at radius 1 is 1.27 bits per heavy atom. The molecule has 120 valence electrons. The Hall–Kier alpha value is -0.800. The Kier molecular flexibility index (Phi) is 4.94. The standard InChI is InChI=1S/C14H17NO5S2/c1-18-11-10-7-21-14(13(20-10)12(11)19-2)22-9-5-3-8(4-6-9)15(16)17/h3-6,10-14H,7H2,1-2H3/t10-,11-,12+,13-,14-/m1/s1. The summed E-state index contributed by atoms with van der Waals surface area (Å²) in [6.07, 6.45) is -0.0944. The van der Waals surface area contributed by atoms with Crippen molar-refractivity contribution >= 4 is 29.2 Å². The van der Waals surface area contributed by atoms with Crippen LogP contribution in [0, 0.1) is 10.1 Å². The lowest BCUT2D eigenvalue weighted by molar-refractivity contribution is -0.384. The number of fused-ring (bicyclic) bond motifs is 2. The largest absolute Gasteiger partial charge is 0.376 e. The fourth-order valence-electron chi connectivity index (χ4n) is 2.83. The van der Waals surface area contributed by atoms with Crippen LogP contribution in [0.1, 0.15) is 0 Å². The molecule has 22 heavy (non-hydrogen) atoms. The van der Waals surface area contributed by atoms with Gasteiger partial charge in [-0.25, -0.2) is 0 Å². The predicted molar refractivity (Wildman–Crippen MR) is 85.5 cm³/mol. The van der Waals surface area contributed by atoms with Crippen LogP contribution in [-0.2, 0) is 14.2 Å². The fourth-order valence-corrected chi connectivity index (χ4v) is 5.64. The lowest BCUT2D eigenvalue weighted by Crippen LogP contribution is -2.37. The van der Waals surface area contributed by atoms with Gasteiger partial charge in [-0.3, -0.25) is 10.1 Å². The van der Waals surface area contributed by atoms with Crippen molar-refractivity contribution in [3.8, 4) is 0 Å². The highest BCUT2D eigenvalue weighted by Crippen LogP contribution is 2.46. The molecule has 2 bridgehead atoms. The third-order valence-electron chi connectivity index (χ3n) is 3.88. The summed E-state index contributed by atoms with van der Waals surface area (Å²) < 4.78 is 17.3. The molecular formula is C14H17NO5S2. The minimum Gasteiger partial charge on any atom is -0.376 e. The maximum absolute atomic E-state index is 10.7. The fraction of sp³-hybridized carbons (Fsp3) is 0.571. The van der Waals surface area contributed by atoms with Crippen LogP contribution in [0.25, 0.3) is 0 Å². The molecule has 0 N–H and O–H groups in total. The van der Waals surface area contributed by atoms with Gasteiger partial charge >= 0.3 is 0 Å². The van der Waals surface area contributed by atoms with E-state index in [0.29, 0.717) is 0 Å². The smallest absolute Gasteiger partial charge is 0.269 e. The first-order valence-electron chi connectivity index (χ1n) is 6.88. The molecule has 0 aromatic heterocycles. The Labute approximate surface area is 137 Å². The summed E-state index contributed by atoms with van der Waals surface area (Å²) in [4.78, 5) is 11.3. The molecule has 5 atom stereocenters. The molecule has 8 heteroatoms. The van der Waals surface area contributed by atoms with Crippen molar-refractivity contribution in [3.05, 3.63) is 34.4 Å². The maximum atomic E-state index is 10.7. The topological polar surface area (TPSA) is 70.8 Å². The molecule has 0 amide bonds. The molecule has 1 aromatic carbocycles. The first-order valence-corrected chi connectivity index (χ1v) is 8.80. The minimum absolute atomic E-state index is 0.0371. The van der Waals surface area contributed by atoms with Crippen molar-refractivity contribution in [1.82, 2.24) is 0 Å². The van der Waals surface area contributed by atoms with Crippen LogP contribution in [0.3, 0.4) is 0 Å². The number of nitro groups is 1. The van der Waals surface area contributed by atoms with Crippen molar-refractivity contribution in [2.75, 3.05) is 20.0 Å². The molecule has 2 saturated heterocycles. The molecule has 6 nitrogen and oxygen atoms in total. The zero-order valence-electron chi connectivity index (χ0n) is 12.2. The summed E-state index contributed by atoms with van der Waals surface area (Å²) in [6, 6.07) is 6.61. The summed E-state index contributed by atoms with van der Waals surface area (Å²) in [7, 11) is 3.36. The highest BCUT2D eigenvalue weighted by atomic mass is 32.2. The molecule has 1 aromatic rings. The van der Waals surface area contributed by atoms with Crippen LogP contribution in [0.5, 0.6) is 0 Å². The Balaban J connectivity index is 1.71. The van der Waals surface area contributed by atoms with Crippen molar-refractivity contribution < 1.29 is 19.1 Å². The molecule has 2 aliphatic rings. The van der Waals surface area contributed by atoms with Gasteiger partial charge in [-0.2, -0.15) is 0 Å². The lowest BCUT2D eigenvalue weighted by Gasteiger charge is -2.29. The van der Waals surface area contributed by atoms with E-state index in [0.717, 1.165) is 10.6 Å². The van der Waals surface area contributed by atoms with Crippen molar-refractivity contribution in [3.63, 3.8) is 0 Å². The zero-order chi connectivity index (χ0) is 15.7. The summed E-state index contributed by atoms with van der Waals surface area (Å²) in [5, 5.41) is 10.7. The van der Waals surface area contributed by atoms with Crippen LogP contribution >= 0.6 is 23.5 Å². The van der Waals surface area contributed by atoms with Gasteiger partial charge in [0, 0.05) is 37.0 Å². The van der Waals surface area contributed by atoms with Gasteiger partial charge in [0.1, 0.15) is 18.3 Å². The average Bonchev–Trinajstić information content (AvgIpc) is 2.82. The monoisotopic (exact) mass is 343 g/mol. The van der Waals surface area contributed by atoms with Crippen molar-refractivity contribution in [2.45, 2.75) is 33.9 Å². The highest BCUT2D eigenvalue weighted by molar-refractivity contribution is 8.17. The van der Waals surface area contributed by atoms with Crippen LogP contribution in [0.4, 0.5) is 5.69 Å². The maximum Gasteiger partial charge on any atom is 0.269 e. The molecule has 0 aliphatic carbocycles. The third kappa shape index (κ3) is 2.98. The molecular weight excluding hydrogens is 326 g/mol. The second-order valence-corrected chi connectivity index (χ2v) is 7.80. The number of non-ortho nitro benzene ring substituents is 1. The van der Waals surface area contributed by atoms with Gasteiger partial charge in [0.25, 0.3) is 5.69 Å². The van der Waals surface area contributed by atoms with E-state index in [1.165, 1.54) is 12.1 Å². The average molecular weight is 343 g/mol. The Morgan fingerprint density at radius 3 is 2.55 bits per heavy atom. The summed E-state index contributed by atoms with van der Waals surface area (Å²) in [5.74, 6) is 0.861. The number of hydrogen-bond acceptors (Lipinski definition) is 7. The zero-order valence-corrected chi connectivity index (χ0v) is 13.8. The Morgan fingerprint density at radius 2 is 1.95 bits per heavy atom. The molecule has 2 aliphatic heterocycles. The van der Waals surface area contributed by atoms with Gasteiger partial charge in [-0.05, 0) is 12.1 Å². The Bertz CT molecular complexity index is 541. The second-order valence-electron chi connectivity index (χ2n) is 5.11. The number of nitrogens with zero attached hydrogens (tertiary/aromatic N) is 1. The van der Waals surface area contributed by atoms with E-state index >= 15 is 0 Å². The van der Waals surface area contributed by atoms with E-state index in [1.54, 1.807) is 38.1 Å². The van der Waals surface area contributed by atoms with E-state index in [1.807, 2.05) is 11.8 Å². The van der Waals surface area contributed by atoms with E-state index in [4.69, 9.17) is 14.2 Å². The number of methoxy groups -OCH3 is 2. The van der Waals surface area contributed by atoms with Gasteiger partial charge < -0.3 is 14.2 Å². The van der Waals surface area contributed by atoms with Crippen LogP contribution in [0.15, 0.2) is 29.2 Å². The number of benzene rings is 1. The van der Waals surface area contributed by atoms with Gasteiger partial charge in [0.15, 0.2) is 0 Å². The number of nitro benzene ring substituents is 1. The van der Waals surface area contributed by atoms with Crippen molar-refractivity contribution in [1.29, 1.82) is 0 Å². The van der Waals surface area contributed by atoms with Gasteiger partial charge in [0.2, 0.25) is 0 Å². The summed E-state index contributed by atoms with van der Waals surface area (Å²) >= 11 is 3.49. The number of ether oxygens (including phenoxy) is 3. The first kappa shape index (κ1) is 16.1. The van der Waals surface area contributed by atoms with E-state index in [-0.39, 0.29) is 34.7 Å². The quantitative estimate of drug-likeness (QED) is 0.601. The normalized spacial score (nSPS) is 33.8. The highest BCUT2D eigenvalue weighted by Gasteiger charge is 2.52. The van der Waals surface area contributed by atoms with E-state index in [9.17, 15) is 10.1 Å². The summed E-state index contributed by atoms with van der Waals surface area (Å²) in [6.45, 7) is 0. The van der Waals surface area contributed by atoms with Crippen LogP contribution in [0.2, 0.25) is 0 Å².